The number of nitrogen functional groups attached to an aromatic ring is 1. The molecule has 0 bridgehead atoms. The van der Waals surface area contributed by atoms with E-state index in [1.807, 2.05) is 0 Å². The summed E-state index contributed by atoms with van der Waals surface area (Å²) in [6, 6.07) is 7.60. The molecule has 0 aliphatic rings. The highest BCUT2D eigenvalue weighted by molar-refractivity contribution is 6.33. The Hall–Kier alpha value is -2.27. The second-order valence-corrected chi connectivity index (χ2v) is 4.61. The van der Waals surface area contributed by atoms with Crippen LogP contribution in [0.2, 0.25) is 5.02 Å². The lowest BCUT2D eigenvalue weighted by Crippen LogP contribution is -1.88. The van der Waals surface area contributed by atoms with E-state index in [1.54, 1.807) is 24.3 Å². The third kappa shape index (κ3) is 2.06. The molecule has 0 amide bonds. The number of rotatable bonds is 2. The van der Waals surface area contributed by atoms with Gasteiger partial charge in [-0.05, 0) is 18.2 Å². The van der Waals surface area contributed by atoms with Gasteiger partial charge in [-0.25, -0.2) is 9.37 Å². The smallest absolute Gasteiger partial charge is 0.230 e. The van der Waals surface area contributed by atoms with E-state index in [0.717, 1.165) is 0 Å². The second-order valence-electron chi connectivity index (χ2n) is 4.21. The van der Waals surface area contributed by atoms with Crippen LogP contribution in [0.25, 0.3) is 22.6 Å². The van der Waals surface area contributed by atoms with E-state index in [1.165, 1.54) is 13.2 Å². The standard InChI is InChI=1S/C14H10ClFN2O2/c1-19-7-2-3-8(10(16)4-7)14-18-12-5-9(15)11(17)6-13(12)20-14/h2-6H,17H2,1H3. The third-order valence-electron chi connectivity index (χ3n) is 2.91. The fraction of sp³-hybridized carbons (Fsp3) is 0.0714. The van der Waals surface area contributed by atoms with Crippen LogP contribution in [0.15, 0.2) is 34.7 Å². The van der Waals surface area contributed by atoms with Crippen LogP contribution in [0.3, 0.4) is 0 Å². The van der Waals surface area contributed by atoms with E-state index >= 15 is 0 Å². The highest BCUT2D eigenvalue weighted by atomic mass is 35.5. The van der Waals surface area contributed by atoms with E-state index < -0.39 is 5.82 Å². The van der Waals surface area contributed by atoms with Gasteiger partial charge in [-0.1, -0.05) is 11.6 Å². The maximum absolute atomic E-state index is 14.0. The molecule has 0 aliphatic heterocycles. The van der Waals surface area contributed by atoms with Crippen molar-refractivity contribution in [3.8, 4) is 17.2 Å². The molecule has 0 atom stereocenters. The SMILES string of the molecule is COc1ccc(-c2nc3cc(Cl)c(N)cc3o2)c(F)c1. The number of oxazole rings is 1. The summed E-state index contributed by atoms with van der Waals surface area (Å²) in [5.74, 6) is 0.117. The summed E-state index contributed by atoms with van der Waals surface area (Å²) in [4.78, 5) is 4.21. The molecule has 2 aromatic carbocycles. The molecule has 6 heteroatoms. The average molecular weight is 293 g/mol. The van der Waals surface area contributed by atoms with Gasteiger partial charge in [-0.2, -0.15) is 0 Å². The number of ether oxygens (including phenoxy) is 1. The Bertz CT molecular complexity index is 762. The maximum atomic E-state index is 14.0. The summed E-state index contributed by atoms with van der Waals surface area (Å²) >= 11 is 5.92. The van der Waals surface area contributed by atoms with E-state index in [0.29, 0.717) is 27.6 Å². The average Bonchev–Trinajstić information content (AvgIpc) is 2.81. The number of methoxy groups -OCH3 is 1. The quantitative estimate of drug-likeness (QED) is 0.728. The first kappa shape index (κ1) is 12.7. The lowest BCUT2D eigenvalue weighted by atomic mass is 10.2. The van der Waals surface area contributed by atoms with Gasteiger partial charge in [0, 0.05) is 12.1 Å². The minimum Gasteiger partial charge on any atom is -0.497 e. The van der Waals surface area contributed by atoms with Crippen molar-refractivity contribution in [2.24, 2.45) is 0 Å². The lowest BCUT2D eigenvalue weighted by molar-refractivity contribution is 0.411. The third-order valence-corrected chi connectivity index (χ3v) is 3.24. The van der Waals surface area contributed by atoms with Gasteiger partial charge >= 0.3 is 0 Å². The molecule has 1 aromatic heterocycles. The fourth-order valence-corrected chi connectivity index (χ4v) is 2.03. The number of fused-ring (bicyclic) bond motifs is 1. The lowest BCUT2D eigenvalue weighted by Gasteiger charge is -2.01. The van der Waals surface area contributed by atoms with Gasteiger partial charge in [0.1, 0.15) is 17.1 Å². The van der Waals surface area contributed by atoms with Crippen molar-refractivity contribution >= 4 is 28.4 Å². The van der Waals surface area contributed by atoms with Crippen LogP contribution < -0.4 is 10.5 Å². The predicted octanol–water partition coefficient (Wildman–Crippen LogP) is 3.88. The Labute approximate surface area is 118 Å². The molecule has 20 heavy (non-hydrogen) atoms. The van der Waals surface area contributed by atoms with Crippen LogP contribution in [0.1, 0.15) is 0 Å². The molecule has 4 nitrogen and oxygen atoms in total. The Morgan fingerprint density at radius 3 is 2.80 bits per heavy atom. The maximum Gasteiger partial charge on any atom is 0.230 e. The minimum absolute atomic E-state index is 0.168. The van der Waals surface area contributed by atoms with Crippen LogP contribution in [0.5, 0.6) is 5.75 Å². The van der Waals surface area contributed by atoms with Crippen LogP contribution in [0, 0.1) is 5.82 Å². The summed E-state index contributed by atoms with van der Waals surface area (Å²) in [6.07, 6.45) is 0. The molecule has 3 aromatic rings. The number of aromatic nitrogens is 1. The number of nitrogens with zero attached hydrogens (tertiary/aromatic N) is 1. The first-order valence-corrected chi connectivity index (χ1v) is 6.16. The molecular formula is C14H10ClFN2O2. The number of nitrogens with two attached hydrogens (primary N) is 1. The van der Waals surface area contributed by atoms with Gasteiger partial charge in [0.05, 0.1) is 23.4 Å². The number of hydrogen-bond donors (Lipinski definition) is 1. The molecule has 3 rings (SSSR count). The van der Waals surface area contributed by atoms with Gasteiger partial charge in [-0.15, -0.1) is 0 Å². The molecule has 102 valence electrons. The molecule has 0 saturated carbocycles. The van der Waals surface area contributed by atoms with Gasteiger partial charge in [0.25, 0.3) is 0 Å². The van der Waals surface area contributed by atoms with E-state index in [2.05, 4.69) is 4.98 Å². The van der Waals surface area contributed by atoms with E-state index in [-0.39, 0.29) is 11.5 Å². The summed E-state index contributed by atoms with van der Waals surface area (Å²) in [5, 5.41) is 0.382. The zero-order valence-electron chi connectivity index (χ0n) is 10.5. The molecule has 0 radical (unpaired) electrons. The molecule has 0 saturated heterocycles. The monoisotopic (exact) mass is 292 g/mol. The first-order chi connectivity index (χ1) is 9.58. The van der Waals surface area contributed by atoms with Gasteiger partial charge in [0.2, 0.25) is 5.89 Å². The first-order valence-electron chi connectivity index (χ1n) is 5.78. The normalized spacial score (nSPS) is 10.9. The molecule has 0 unspecified atom stereocenters. The summed E-state index contributed by atoms with van der Waals surface area (Å²) < 4.78 is 24.4. The molecule has 2 N–H and O–H groups in total. The van der Waals surface area contributed by atoms with Gasteiger partial charge in [-0.3, -0.25) is 0 Å². The summed E-state index contributed by atoms with van der Waals surface area (Å²) in [5.41, 5.74) is 7.30. The van der Waals surface area contributed by atoms with E-state index in [4.69, 9.17) is 26.5 Å². The topological polar surface area (TPSA) is 61.3 Å². The van der Waals surface area contributed by atoms with Crippen LogP contribution in [0.4, 0.5) is 10.1 Å². The number of halogens is 2. The minimum atomic E-state index is -0.477. The van der Waals surface area contributed by atoms with Crippen molar-refractivity contribution in [2.75, 3.05) is 12.8 Å². The number of benzene rings is 2. The highest BCUT2D eigenvalue weighted by Crippen LogP contribution is 2.31. The van der Waals surface area contributed by atoms with Gasteiger partial charge < -0.3 is 14.9 Å². The van der Waals surface area contributed by atoms with Crippen molar-refractivity contribution in [3.63, 3.8) is 0 Å². The van der Waals surface area contributed by atoms with Crippen molar-refractivity contribution in [1.29, 1.82) is 0 Å². The number of anilines is 1. The molecule has 0 spiro atoms. The van der Waals surface area contributed by atoms with Crippen LogP contribution >= 0.6 is 11.6 Å². The fourth-order valence-electron chi connectivity index (χ4n) is 1.88. The molecule has 0 aliphatic carbocycles. The Morgan fingerprint density at radius 1 is 1.30 bits per heavy atom. The largest absolute Gasteiger partial charge is 0.497 e. The molecular weight excluding hydrogens is 283 g/mol. The van der Waals surface area contributed by atoms with Gasteiger partial charge in [0.15, 0.2) is 5.58 Å². The van der Waals surface area contributed by atoms with Crippen molar-refractivity contribution in [3.05, 3.63) is 41.2 Å². The summed E-state index contributed by atoms with van der Waals surface area (Å²) in [7, 11) is 1.47. The van der Waals surface area contributed by atoms with E-state index in [9.17, 15) is 4.39 Å². The zero-order chi connectivity index (χ0) is 14.3. The molecule has 0 fully saturated rings. The van der Waals surface area contributed by atoms with Crippen molar-refractivity contribution in [2.45, 2.75) is 0 Å². The Morgan fingerprint density at radius 2 is 2.10 bits per heavy atom. The van der Waals surface area contributed by atoms with Crippen LogP contribution in [-0.2, 0) is 0 Å². The number of hydrogen-bond acceptors (Lipinski definition) is 4. The predicted molar refractivity (Wildman–Crippen MR) is 75.4 cm³/mol. The highest BCUT2D eigenvalue weighted by Gasteiger charge is 2.14. The van der Waals surface area contributed by atoms with Crippen molar-refractivity contribution < 1.29 is 13.5 Å². The summed E-state index contributed by atoms with van der Waals surface area (Å²) in [6.45, 7) is 0. The second kappa shape index (κ2) is 4.68. The zero-order valence-corrected chi connectivity index (χ0v) is 11.2. The van der Waals surface area contributed by atoms with Crippen molar-refractivity contribution in [1.82, 2.24) is 4.98 Å². The molecule has 1 heterocycles. The Kier molecular flexibility index (Phi) is 2.99. The Balaban J connectivity index is 2.15. The van der Waals surface area contributed by atoms with Crippen LogP contribution in [-0.4, -0.2) is 12.1 Å².